The molecule has 63 heavy (non-hydrogen) atoms. The van der Waals surface area contributed by atoms with Gasteiger partial charge in [-0.25, -0.2) is 19.1 Å². The number of hydrogen-bond acceptors (Lipinski definition) is 4. The molecule has 3 N–H and O–H groups in total. The Morgan fingerprint density at radius 3 is 1.44 bits per heavy atom. The van der Waals surface area contributed by atoms with Crippen LogP contribution in [0.1, 0.15) is 49.9 Å². The van der Waals surface area contributed by atoms with Crippen molar-refractivity contribution < 1.29 is 43.5 Å². The molecular weight excluding hydrogens is 961 g/mol. The van der Waals surface area contributed by atoms with Crippen molar-refractivity contribution in [2.45, 2.75) is 6.42 Å². The molecule has 9 nitrogen and oxygen atoms in total. The zero-order valence-corrected chi connectivity index (χ0v) is 39.0. The van der Waals surface area contributed by atoms with Gasteiger partial charge in [-0.05, 0) is 89.0 Å². The van der Waals surface area contributed by atoms with E-state index in [-0.39, 0.29) is 36.5 Å². The Balaban J connectivity index is 0.00000298. The van der Waals surface area contributed by atoms with Crippen LogP contribution in [0.2, 0.25) is 0 Å². The first-order valence-electron chi connectivity index (χ1n) is 20.0. The van der Waals surface area contributed by atoms with Gasteiger partial charge in [0.05, 0.1) is 22.8 Å². The Kier molecular flexibility index (Phi) is 14.0. The first-order chi connectivity index (χ1) is 29.8. The number of benzene rings is 2. The summed E-state index contributed by atoms with van der Waals surface area (Å²) in [6.45, 7) is 0.517. The number of hydrogen-bond donors (Lipinski definition) is 3. The highest BCUT2D eigenvalue weighted by Gasteiger charge is 2.21. The SMILES string of the molecule is C[n+]1ccc(-c2c3nc(c(-c4cccc(C(=O)CCBr)c4)c4nc(c(-c5cc[n+](C)cc5)c5ccc([nH]5)c(-c5cccc(C(=O)NCCBr)c5)c5ccc2[nH]5)C=C4)C=C3)cc1.[Cl-].[Cl-]. The first-order valence-corrected chi connectivity index (χ1v) is 22.2. The van der Waals surface area contributed by atoms with Crippen LogP contribution in [0.5, 0.6) is 0 Å². The van der Waals surface area contributed by atoms with Crippen molar-refractivity contribution in [2.24, 2.45) is 14.1 Å². The minimum atomic E-state index is -0.139. The number of H-pyrrole nitrogens is 2. The number of aryl methyl sites for hydroxylation is 2. The van der Waals surface area contributed by atoms with Gasteiger partial charge in [0.2, 0.25) is 0 Å². The van der Waals surface area contributed by atoms with Crippen LogP contribution in [-0.4, -0.2) is 48.8 Å². The molecule has 2 aliphatic rings. The molecule has 5 aromatic heterocycles. The number of nitrogens with one attached hydrogen (secondary N) is 3. The molecule has 0 aliphatic carbocycles. The number of nitrogens with zero attached hydrogens (tertiary/aromatic N) is 4. The summed E-state index contributed by atoms with van der Waals surface area (Å²) < 4.78 is 4.02. The summed E-state index contributed by atoms with van der Waals surface area (Å²) >= 11 is 6.86. The second-order valence-electron chi connectivity index (χ2n) is 15.0. The van der Waals surface area contributed by atoms with Crippen LogP contribution in [0.25, 0.3) is 90.9 Å². The van der Waals surface area contributed by atoms with Crippen LogP contribution in [-0.2, 0) is 14.1 Å². The summed E-state index contributed by atoms with van der Waals surface area (Å²) in [5, 5.41) is 4.24. The van der Waals surface area contributed by atoms with E-state index in [2.05, 4.69) is 108 Å². The topological polar surface area (TPSA) is 111 Å². The minimum absolute atomic E-state index is 0. The lowest BCUT2D eigenvalue weighted by Crippen LogP contribution is -3.00. The first kappa shape index (κ1) is 45.1. The minimum Gasteiger partial charge on any atom is -1.00 e. The number of ketones is 1. The lowest BCUT2D eigenvalue weighted by molar-refractivity contribution is -0.671. The quantitative estimate of drug-likeness (QED) is 0.109. The Hall–Kier alpha value is -5.98. The second-order valence-corrected chi connectivity index (χ2v) is 16.6. The van der Waals surface area contributed by atoms with Crippen molar-refractivity contribution in [3.63, 3.8) is 0 Å². The molecule has 316 valence electrons. The number of carbonyl (C=O) groups is 2. The van der Waals surface area contributed by atoms with Crippen LogP contribution >= 0.6 is 31.9 Å². The standard InChI is InChI=1S/C50H39Br2N7O2.2ClH/c1-58-25-18-31(19-26-58)46-37-9-13-41(54-37)48(34-6-3-5-33(29-34)45(60)17-22-51)42-14-10-38(55-42)47(32-20-27-59(2)28-21-32)40-12-16-44(57-40)49(43-15-11-39(46)56-43)35-7-4-8-36(30-35)50(61)53-24-23-52;;/h3-16,18-21,25-30H,17,22-24H2,1-2H3,(H-,53,54,55,56,57,61);2*1H. The molecule has 1 amide bonds. The third kappa shape index (κ3) is 9.24. The maximum absolute atomic E-state index is 13.3. The summed E-state index contributed by atoms with van der Waals surface area (Å²) in [7, 11) is 4.00. The van der Waals surface area contributed by atoms with E-state index in [4.69, 9.17) is 9.97 Å². The molecule has 0 unspecified atom stereocenters. The fourth-order valence-electron chi connectivity index (χ4n) is 7.91. The van der Waals surface area contributed by atoms with Crippen molar-refractivity contribution in [1.82, 2.24) is 25.3 Å². The number of rotatable bonds is 10. The van der Waals surface area contributed by atoms with Crippen LogP contribution in [0.15, 0.2) is 122 Å². The summed E-state index contributed by atoms with van der Waals surface area (Å²) in [5.41, 5.74) is 15.0. The van der Waals surface area contributed by atoms with E-state index in [1.165, 1.54) is 0 Å². The van der Waals surface area contributed by atoms with Gasteiger partial charge in [-0.3, -0.25) is 9.59 Å². The van der Waals surface area contributed by atoms with Gasteiger partial charge < -0.3 is 40.1 Å². The second kappa shape index (κ2) is 19.6. The van der Waals surface area contributed by atoms with E-state index < -0.39 is 0 Å². The van der Waals surface area contributed by atoms with Crippen LogP contribution < -0.4 is 39.3 Å². The molecule has 9 rings (SSSR count). The van der Waals surface area contributed by atoms with E-state index in [0.29, 0.717) is 34.8 Å². The van der Waals surface area contributed by atoms with Gasteiger partial charge in [0.15, 0.2) is 30.6 Å². The number of halogens is 4. The number of amides is 1. The smallest absolute Gasteiger partial charge is 0.251 e. The van der Waals surface area contributed by atoms with Crippen molar-refractivity contribution in [2.75, 3.05) is 17.2 Å². The summed E-state index contributed by atoms with van der Waals surface area (Å²) in [5.74, 6) is -0.0775. The Bertz CT molecular complexity index is 2960. The molecular formula is C50H41Br2Cl2N7O2. The van der Waals surface area contributed by atoms with Gasteiger partial charge in [-0.1, -0.05) is 62.2 Å². The highest BCUT2D eigenvalue weighted by atomic mass is 79.9. The predicted octanol–water partition coefficient (Wildman–Crippen LogP) is 4.07. The average Bonchev–Trinajstić information content (AvgIpc) is 4.13. The van der Waals surface area contributed by atoms with Gasteiger partial charge in [0.25, 0.3) is 5.91 Å². The third-order valence-electron chi connectivity index (χ3n) is 10.9. The van der Waals surface area contributed by atoms with E-state index in [1.54, 1.807) is 0 Å². The maximum Gasteiger partial charge on any atom is 0.251 e. The molecule has 8 bridgehead atoms. The Morgan fingerprint density at radius 2 is 0.968 bits per heavy atom. The Labute approximate surface area is 394 Å². The van der Waals surface area contributed by atoms with Crippen molar-refractivity contribution >= 4 is 89.9 Å². The van der Waals surface area contributed by atoms with Crippen LogP contribution in [0.3, 0.4) is 0 Å². The molecule has 0 atom stereocenters. The van der Waals surface area contributed by atoms with E-state index in [9.17, 15) is 9.59 Å². The zero-order valence-electron chi connectivity index (χ0n) is 34.3. The molecule has 13 heteroatoms. The molecule has 7 heterocycles. The Morgan fingerprint density at radius 1 is 0.540 bits per heavy atom. The normalized spacial score (nSPS) is 11.5. The highest BCUT2D eigenvalue weighted by Crippen LogP contribution is 2.38. The molecule has 0 fully saturated rings. The number of pyridine rings is 2. The molecule has 0 spiro atoms. The molecule has 0 radical (unpaired) electrons. The van der Waals surface area contributed by atoms with Gasteiger partial charge in [0, 0.05) is 103 Å². The molecule has 0 saturated carbocycles. The maximum atomic E-state index is 13.3. The van der Waals surface area contributed by atoms with E-state index >= 15 is 0 Å². The zero-order chi connectivity index (χ0) is 42.0. The lowest BCUT2D eigenvalue weighted by Gasteiger charge is -2.08. The molecule has 2 aliphatic heterocycles. The van der Waals surface area contributed by atoms with Crippen molar-refractivity contribution in [3.8, 4) is 44.5 Å². The van der Waals surface area contributed by atoms with Gasteiger partial charge in [0.1, 0.15) is 14.1 Å². The molecule has 7 aromatic rings. The predicted molar refractivity (Wildman–Crippen MR) is 252 cm³/mol. The molecule has 0 saturated heterocycles. The number of carbonyl (C=O) groups excluding carboxylic acids is 2. The number of Topliss-reactive ketones (excluding diaryl/α,β-unsaturated/α-hetero) is 1. The monoisotopic (exact) mass is 999 g/mol. The number of aromatic nitrogens is 6. The third-order valence-corrected chi connectivity index (χ3v) is 11.7. The fourth-order valence-corrected chi connectivity index (χ4v) is 8.47. The lowest BCUT2D eigenvalue weighted by atomic mass is 9.98. The van der Waals surface area contributed by atoms with Gasteiger partial charge >= 0.3 is 0 Å². The number of aromatic amines is 2. The summed E-state index contributed by atoms with van der Waals surface area (Å²) in [4.78, 5) is 44.9. The molecule has 2 aromatic carbocycles. The van der Waals surface area contributed by atoms with Crippen molar-refractivity contribution in [1.29, 1.82) is 0 Å². The van der Waals surface area contributed by atoms with E-state index in [0.717, 1.165) is 89.4 Å². The average molecular weight is 1000 g/mol. The highest BCUT2D eigenvalue weighted by molar-refractivity contribution is 9.09. The fraction of sp³-hybridized carbons (Fsp3) is 0.120. The number of fused-ring (bicyclic) bond motifs is 8. The summed E-state index contributed by atoms with van der Waals surface area (Å²) in [6.07, 6.45) is 16.7. The number of alkyl halides is 2. The van der Waals surface area contributed by atoms with Crippen LogP contribution in [0.4, 0.5) is 0 Å². The largest absolute Gasteiger partial charge is 1.00 e. The van der Waals surface area contributed by atoms with Gasteiger partial charge in [-0.15, -0.1) is 0 Å². The summed E-state index contributed by atoms with van der Waals surface area (Å²) in [6, 6.07) is 32.3. The van der Waals surface area contributed by atoms with Crippen LogP contribution in [0, 0.1) is 0 Å². The van der Waals surface area contributed by atoms with Gasteiger partial charge in [-0.2, -0.15) is 0 Å². The van der Waals surface area contributed by atoms with E-state index in [1.807, 2.05) is 109 Å². The van der Waals surface area contributed by atoms with Crippen molar-refractivity contribution in [3.05, 3.63) is 156 Å².